The lowest BCUT2D eigenvalue weighted by atomic mass is 9.70. The Morgan fingerprint density at radius 1 is 0.812 bits per heavy atom. The van der Waals surface area contributed by atoms with Crippen molar-refractivity contribution in [3.8, 4) is 0 Å². The van der Waals surface area contributed by atoms with E-state index in [-0.39, 0.29) is 11.0 Å². The number of rotatable bonds is 1. The first-order valence-corrected chi connectivity index (χ1v) is 6.41. The van der Waals surface area contributed by atoms with Crippen molar-refractivity contribution in [2.75, 3.05) is 0 Å². The molecule has 0 aromatic carbocycles. The van der Waals surface area contributed by atoms with E-state index < -0.39 is 6.17 Å². The van der Waals surface area contributed by atoms with Gasteiger partial charge in [-0.3, -0.25) is 0 Å². The molecule has 0 aliphatic heterocycles. The minimum Gasteiger partial charge on any atom is -0.412 e. The summed E-state index contributed by atoms with van der Waals surface area (Å²) in [6.45, 7) is 2.34. The molecule has 0 aromatic rings. The average Bonchev–Trinajstić information content (AvgIpc) is 2.20. The van der Waals surface area contributed by atoms with Crippen molar-refractivity contribution in [2.45, 2.75) is 64.5 Å². The summed E-state index contributed by atoms with van der Waals surface area (Å²) >= 11 is 0. The van der Waals surface area contributed by atoms with Gasteiger partial charge in [-0.15, -0.1) is 0 Å². The van der Waals surface area contributed by atoms with Gasteiger partial charge in [0.05, 0.1) is 0 Å². The lowest BCUT2D eigenvalue weighted by molar-refractivity contribution is 0.0838. The zero-order chi connectivity index (χ0) is 9.97. The van der Waals surface area contributed by atoms with Gasteiger partial charge in [-0.25, -0.2) is 4.39 Å². The number of hydrogen-bond donors (Lipinski definition) is 0. The Labute approximate surface area is 98.2 Å². The molecule has 0 saturated heterocycles. The number of hydrogen-bond acceptors (Lipinski definition) is 0. The van der Waals surface area contributed by atoms with Crippen molar-refractivity contribution in [1.82, 2.24) is 0 Å². The standard InChI is InChI=1S/C13H23F.2H2O/c1-10-6-8-11(9-7-10)12-4-2-3-5-13(12)14;;/h10-13H,2-9H2,1H3;2*1H2/t10?,11?,12-,13?;;/m1../s1. The van der Waals surface area contributed by atoms with Crippen molar-refractivity contribution >= 4 is 0 Å². The third-order valence-corrected chi connectivity index (χ3v) is 4.40. The van der Waals surface area contributed by atoms with Gasteiger partial charge in [0, 0.05) is 0 Å². The fourth-order valence-corrected chi connectivity index (χ4v) is 3.36. The lowest BCUT2D eigenvalue weighted by Crippen LogP contribution is -2.30. The van der Waals surface area contributed by atoms with Crippen LogP contribution in [-0.2, 0) is 0 Å². The molecule has 4 N–H and O–H groups in total. The van der Waals surface area contributed by atoms with Gasteiger partial charge in [0.25, 0.3) is 0 Å². The molecule has 0 amide bonds. The van der Waals surface area contributed by atoms with E-state index in [0.717, 1.165) is 24.7 Å². The Balaban J connectivity index is 0.00000112. The van der Waals surface area contributed by atoms with Gasteiger partial charge in [0.15, 0.2) is 0 Å². The quantitative estimate of drug-likeness (QED) is 0.669. The first-order valence-electron chi connectivity index (χ1n) is 6.41. The maximum atomic E-state index is 13.7. The summed E-state index contributed by atoms with van der Waals surface area (Å²) in [4.78, 5) is 0. The van der Waals surface area contributed by atoms with E-state index in [0.29, 0.717) is 5.92 Å². The molecule has 2 rings (SSSR count). The fraction of sp³-hybridized carbons (Fsp3) is 1.00. The van der Waals surface area contributed by atoms with Crippen molar-refractivity contribution in [2.24, 2.45) is 17.8 Å². The Hall–Kier alpha value is -0.150. The molecule has 2 atom stereocenters. The Morgan fingerprint density at radius 3 is 1.94 bits per heavy atom. The monoisotopic (exact) mass is 234 g/mol. The Bertz CT molecular complexity index is 179. The summed E-state index contributed by atoms with van der Waals surface area (Å²) in [5.74, 6) is 2.05. The van der Waals surface area contributed by atoms with Gasteiger partial charge in [-0.2, -0.15) is 0 Å². The van der Waals surface area contributed by atoms with E-state index in [1.165, 1.54) is 38.5 Å². The summed E-state index contributed by atoms with van der Waals surface area (Å²) in [6, 6.07) is 0. The zero-order valence-corrected chi connectivity index (χ0v) is 10.3. The highest BCUT2D eigenvalue weighted by atomic mass is 19.1. The highest BCUT2D eigenvalue weighted by molar-refractivity contribution is 4.83. The van der Waals surface area contributed by atoms with Gasteiger partial charge < -0.3 is 11.0 Å². The van der Waals surface area contributed by atoms with Crippen LogP contribution < -0.4 is 0 Å². The van der Waals surface area contributed by atoms with E-state index in [1.54, 1.807) is 0 Å². The fourth-order valence-electron chi connectivity index (χ4n) is 3.36. The van der Waals surface area contributed by atoms with Crippen LogP contribution in [0.15, 0.2) is 0 Å². The third kappa shape index (κ3) is 3.70. The van der Waals surface area contributed by atoms with Crippen molar-refractivity contribution in [1.29, 1.82) is 0 Å². The molecule has 0 aromatic heterocycles. The van der Waals surface area contributed by atoms with Crippen molar-refractivity contribution in [3.05, 3.63) is 0 Å². The minimum atomic E-state index is -0.470. The molecule has 0 heterocycles. The number of halogens is 1. The summed E-state index contributed by atoms with van der Waals surface area (Å²) in [5.41, 5.74) is 0. The molecule has 98 valence electrons. The van der Waals surface area contributed by atoms with E-state index in [2.05, 4.69) is 6.92 Å². The highest BCUT2D eigenvalue weighted by Gasteiger charge is 2.33. The predicted octanol–water partition coefficient (Wildman–Crippen LogP) is 2.69. The van der Waals surface area contributed by atoms with Crippen molar-refractivity contribution < 1.29 is 15.3 Å². The van der Waals surface area contributed by atoms with E-state index in [9.17, 15) is 4.39 Å². The molecule has 0 bridgehead atoms. The highest BCUT2D eigenvalue weighted by Crippen LogP contribution is 2.40. The molecule has 2 fully saturated rings. The molecule has 2 aliphatic rings. The second-order valence-corrected chi connectivity index (χ2v) is 5.48. The minimum absolute atomic E-state index is 0. The zero-order valence-electron chi connectivity index (χ0n) is 10.3. The molecule has 2 nitrogen and oxygen atoms in total. The SMILES string of the molecule is CC1CCC([C@H]2CCCCC2F)CC1.O.O. The van der Waals surface area contributed by atoms with Crippen LogP contribution in [0.4, 0.5) is 4.39 Å². The van der Waals surface area contributed by atoms with Gasteiger partial charge in [-0.1, -0.05) is 32.6 Å². The maximum Gasteiger partial charge on any atom is 0.103 e. The Kier molecular flexibility index (Phi) is 7.16. The van der Waals surface area contributed by atoms with Crippen molar-refractivity contribution in [3.63, 3.8) is 0 Å². The second kappa shape index (κ2) is 7.23. The second-order valence-electron chi connectivity index (χ2n) is 5.48. The molecular formula is C13H27FO2. The van der Waals surface area contributed by atoms with Crippen LogP contribution in [0, 0.1) is 17.8 Å². The topological polar surface area (TPSA) is 63.0 Å². The summed E-state index contributed by atoms with van der Waals surface area (Å²) < 4.78 is 13.7. The van der Waals surface area contributed by atoms with Gasteiger partial charge >= 0.3 is 0 Å². The van der Waals surface area contributed by atoms with E-state index >= 15 is 0 Å². The molecular weight excluding hydrogens is 207 g/mol. The van der Waals surface area contributed by atoms with Gasteiger partial charge in [0.2, 0.25) is 0 Å². The normalized spacial score (nSPS) is 39.4. The summed E-state index contributed by atoms with van der Waals surface area (Å²) in [6.07, 6.45) is 9.22. The smallest absolute Gasteiger partial charge is 0.103 e. The largest absolute Gasteiger partial charge is 0.412 e. The molecule has 0 radical (unpaired) electrons. The first-order chi connectivity index (χ1) is 6.77. The molecule has 16 heavy (non-hydrogen) atoms. The molecule has 2 saturated carbocycles. The lowest BCUT2D eigenvalue weighted by Gasteiger charge is -2.36. The van der Waals surface area contributed by atoms with Crippen LogP contribution in [0.1, 0.15) is 58.3 Å². The molecule has 0 spiro atoms. The van der Waals surface area contributed by atoms with E-state index in [4.69, 9.17) is 0 Å². The van der Waals surface area contributed by atoms with Crippen LogP contribution in [0.5, 0.6) is 0 Å². The van der Waals surface area contributed by atoms with Gasteiger partial charge in [-0.05, 0) is 43.4 Å². The van der Waals surface area contributed by atoms with Gasteiger partial charge in [0.1, 0.15) is 6.17 Å². The van der Waals surface area contributed by atoms with Crippen LogP contribution in [0.2, 0.25) is 0 Å². The molecule has 1 unspecified atom stereocenters. The molecule has 2 aliphatic carbocycles. The summed E-state index contributed by atoms with van der Waals surface area (Å²) in [7, 11) is 0. The maximum absolute atomic E-state index is 13.7. The number of alkyl halides is 1. The third-order valence-electron chi connectivity index (χ3n) is 4.40. The summed E-state index contributed by atoms with van der Waals surface area (Å²) in [5, 5.41) is 0. The van der Waals surface area contributed by atoms with Crippen LogP contribution in [0.3, 0.4) is 0 Å². The van der Waals surface area contributed by atoms with Crippen LogP contribution >= 0.6 is 0 Å². The van der Waals surface area contributed by atoms with E-state index in [1.807, 2.05) is 0 Å². The van der Waals surface area contributed by atoms with Crippen LogP contribution in [-0.4, -0.2) is 17.1 Å². The Morgan fingerprint density at radius 2 is 1.38 bits per heavy atom. The molecule has 3 heteroatoms. The van der Waals surface area contributed by atoms with Crippen LogP contribution in [0.25, 0.3) is 0 Å². The predicted molar refractivity (Wildman–Crippen MR) is 65.2 cm³/mol. The average molecular weight is 234 g/mol. The first kappa shape index (κ1) is 15.9.